The van der Waals surface area contributed by atoms with E-state index in [1.165, 1.54) is 4.31 Å². The van der Waals surface area contributed by atoms with Crippen molar-refractivity contribution < 1.29 is 22.7 Å². The van der Waals surface area contributed by atoms with E-state index in [0.717, 1.165) is 17.3 Å². The molecular formula is C24H27N3O5S. The van der Waals surface area contributed by atoms with Crippen molar-refractivity contribution in [3.63, 3.8) is 0 Å². The fourth-order valence-corrected chi connectivity index (χ4v) is 5.89. The van der Waals surface area contributed by atoms with Gasteiger partial charge >= 0.3 is 0 Å². The SMILES string of the molecule is CC(C(=O)c1c[nH]c2ccccc12)N1CCN(S(=O)(=O)c2ccc3c(c2)OCCCO3)CC1. The van der Waals surface area contributed by atoms with Crippen LogP contribution in [0.25, 0.3) is 10.9 Å². The van der Waals surface area contributed by atoms with Gasteiger partial charge in [-0.1, -0.05) is 18.2 Å². The Hall–Kier alpha value is -2.88. The predicted molar refractivity (Wildman–Crippen MR) is 124 cm³/mol. The number of aromatic nitrogens is 1. The second-order valence-corrected chi connectivity index (χ2v) is 10.3. The number of piperazine rings is 1. The minimum Gasteiger partial charge on any atom is -0.490 e. The standard InChI is InChI=1S/C24H27N3O5S/c1-17(24(28)20-16-25-21-6-3-2-5-19(20)21)26-9-11-27(12-10-26)33(29,30)18-7-8-22-23(15-18)32-14-4-13-31-22/h2-3,5-8,15-17,25H,4,9-14H2,1H3. The minimum absolute atomic E-state index is 0.0339. The number of nitrogens with zero attached hydrogens (tertiary/aromatic N) is 2. The van der Waals surface area contributed by atoms with Gasteiger partial charge in [-0.2, -0.15) is 4.31 Å². The molecule has 2 aliphatic heterocycles. The van der Waals surface area contributed by atoms with Gasteiger partial charge in [0, 0.05) is 61.3 Å². The van der Waals surface area contributed by atoms with Crippen LogP contribution >= 0.6 is 0 Å². The number of aromatic amines is 1. The molecule has 1 unspecified atom stereocenters. The number of ether oxygens (including phenoxy) is 2. The van der Waals surface area contributed by atoms with Gasteiger partial charge in [0.1, 0.15) is 0 Å². The van der Waals surface area contributed by atoms with Crippen molar-refractivity contribution in [2.45, 2.75) is 24.3 Å². The van der Waals surface area contributed by atoms with E-state index in [2.05, 4.69) is 4.98 Å². The molecule has 9 heteroatoms. The van der Waals surface area contributed by atoms with Gasteiger partial charge in [0.25, 0.3) is 0 Å². The first-order valence-electron chi connectivity index (χ1n) is 11.2. The zero-order chi connectivity index (χ0) is 23.0. The highest BCUT2D eigenvalue weighted by molar-refractivity contribution is 7.89. The number of H-pyrrole nitrogens is 1. The highest BCUT2D eigenvalue weighted by Crippen LogP contribution is 2.33. The Morgan fingerprint density at radius 2 is 1.73 bits per heavy atom. The van der Waals surface area contributed by atoms with Gasteiger partial charge in [-0.25, -0.2) is 8.42 Å². The number of Topliss-reactive ketones (excluding diaryl/α,β-unsaturated/α-hetero) is 1. The molecule has 1 atom stereocenters. The van der Waals surface area contributed by atoms with Gasteiger partial charge in [0.2, 0.25) is 10.0 Å². The average molecular weight is 470 g/mol. The molecule has 8 nitrogen and oxygen atoms in total. The normalized spacial score (nSPS) is 18.7. The molecular weight excluding hydrogens is 442 g/mol. The molecule has 0 spiro atoms. The summed E-state index contributed by atoms with van der Waals surface area (Å²) in [5.41, 5.74) is 1.60. The lowest BCUT2D eigenvalue weighted by molar-refractivity contribution is 0.0784. The van der Waals surface area contributed by atoms with E-state index in [4.69, 9.17) is 9.47 Å². The van der Waals surface area contributed by atoms with Crippen LogP contribution in [0.5, 0.6) is 11.5 Å². The third kappa shape index (κ3) is 4.12. The number of sulfonamides is 1. The van der Waals surface area contributed by atoms with Crippen molar-refractivity contribution in [3.8, 4) is 11.5 Å². The Bertz CT molecular complexity index is 1280. The smallest absolute Gasteiger partial charge is 0.243 e. The highest BCUT2D eigenvalue weighted by Gasteiger charge is 2.33. The molecule has 2 aromatic carbocycles. The first-order valence-corrected chi connectivity index (χ1v) is 12.6. The lowest BCUT2D eigenvalue weighted by atomic mass is 10.0. The molecule has 0 saturated carbocycles. The first-order chi connectivity index (χ1) is 15.9. The van der Waals surface area contributed by atoms with Crippen molar-refractivity contribution in [3.05, 3.63) is 54.2 Å². The zero-order valence-electron chi connectivity index (χ0n) is 18.5. The van der Waals surface area contributed by atoms with Crippen molar-refractivity contribution in [1.82, 2.24) is 14.2 Å². The maximum atomic E-state index is 13.2. The fraction of sp³-hybridized carbons (Fsp3) is 0.375. The maximum absolute atomic E-state index is 13.2. The molecule has 33 heavy (non-hydrogen) atoms. The number of rotatable bonds is 5. The van der Waals surface area contributed by atoms with Gasteiger partial charge in [-0.15, -0.1) is 0 Å². The van der Waals surface area contributed by atoms with Gasteiger partial charge in [-0.05, 0) is 25.1 Å². The second kappa shape index (κ2) is 8.81. The Kier molecular flexibility index (Phi) is 5.86. The maximum Gasteiger partial charge on any atom is 0.243 e. The number of hydrogen-bond donors (Lipinski definition) is 1. The van der Waals surface area contributed by atoms with E-state index < -0.39 is 10.0 Å². The third-order valence-electron chi connectivity index (χ3n) is 6.41. The Morgan fingerprint density at radius 3 is 2.52 bits per heavy atom. The number of benzene rings is 2. The van der Waals surface area contributed by atoms with E-state index in [0.29, 0.717) is 56.5 Å². The molecule has 5 rings (SSSR count). The van der Waals surface area contributed by atoms with Gasteiger partial charge in [0.05, 0.1) is 24.2 Å². The Balaban J connectivity index is 1.27. The first kappa shape index (κ1) is 21.9. The minimum atomic E-state index is -3.67. The molecule has 1 N–H and O–H groups in total. The summed E-state index contributed by atoms with van der Waals surface area (Å²) in [4.78, 5) is 18.6. The van der Waals surface area contributed by atoms with Crippen LogP contribution in [0.3, 0.4) is 0 Å². The average Bonchev–Trinajstić information content (AvgIpc) is 3.13. The molecule has 0 aliphatic carbocycles. The molecule has 2 aliphatic rings. The fourth-order valence-electron chi connectivity index (χ4n) is 4.45. The summed E-state index contributed by atoms with van der Waals surface area (Å²) in [6.07, 6.45) is 2.52. The van der Waals surface area contributed by atoms with E-state index >= 15 is 0 Å². The molecule has 1 aromatic heterocycles. The number of nitrogens with one attached hydrogen (secondary N) is 1. The van der Waals surface area contributed by atoms with Gasteiger partial charge in [0.15, 0.2) is 17.3 Å². The quantitative estimate of drug-likeness (QED) is 0.578. The third-order valence-corrected chi connectivity index (χ3v) is 8.31. The van der Waals surface area contributed by atoms with Crippen molar-refractivity contribution in [2.24, 2.45) is 0 Å². The lowest BCUT2D eigenvalue weighted by Crippen LogP contribution is -2.53. The summed E-state index contributed by atoms with van der Waals surface area (Å²) < 4.78 is 39.2. The van der Waals surface area contributed by atoms with Crippen molar-refractivity contribution in [1.29, 1.82) is 0 Å². The van der Waals surface area contributed by atoms with E-state index in [1.807, 2.05) is 36.1 Å². The lowest BCUT2D eigenvalue weighted by Gasteiger charge is -2.36. The largest absolute Gasteiger partial charge is 0.490 e. The predicted octanol–water partition coefficient (Wildman–Crippen LogP) is 2.91. The van der Waals surface area contributed by atoms with Crippen LogP contribution in [0.2, 0.25) is 0 Å². The summed E-state index contributed by atoms with van der Waals surface area (Å²) in [6, 6.07) is 12.2. The zero-order valence-corrected chi connectivity index (χ0v) is 19.3. The summed E-state index contributed by atoms with van der Waals surface area (Å²) in [5, 5.41) is 0.907. The van der Waals surface area contributed by atoms with Crippen LogP contribution in [0.15, 0.2) is 53.6 Å². The molecule has 0 radical (unpaired) electrons. The molecule has 174 valence electrons. The number of ketones is 1. The van der Waals surface area contributed by atoms with Gasteiger partial charge < -0.3 is 14.5 Å². The summed E-state index contributed by atoms with van der Waals surface area (Å²) in [7, 11) is -3.67. The molecule has 1 fully saturated rings. The summed E-state index contributed by atoms with van der Waals surface area (Å²) in [5.74, 6) is 1.07. The number of carbonyl (C=O) groups is 1. The number of hydrogen-bond acceptors (Lipinski definition) is 6. The molecule has 1 saturated heterocycles. The summed E-state index contributed by atoms with van der Waals surface area (Å²) >= 11 is 0. The van der Waals surface area contributed by atoms with Crippen LogP contribution in [0.4, 0.5) is 0 Å². The van der Waals surface area contributed by atoms with Crippen LogP contribution < -0.4 is 9.47 Å². The Morgan fingerprint density at radius 1 is 1.00 bits per heavy atom. The van der Waals surface area contributed by atoms with Crippen LogP contribution in [-0.4, -0.2) is 73.8 Å². The Labute approximate surface area is 193 Å². The van der Waals surface area contributed by atoms with E-state index in [9.17, 15) is 13.2 Å². The van der Waals surface area contributed by atoms with Gasteiger partial charge in [-0.3, -0.25) is 9.69 Å². The van der Waals surface area contributed by atoms with Crippen molar-refractivity contribution >= 4 is 26.7 Å². The summed E-state index contributed by atoms with van der Waals surface area (Å²) in [6.45, 7) is 4.55. The van der Waals surface area contributed by atoms with E-state index in [1.54, 1.807) is 24.4 Å². The highest BCUT2D eigenvalue weighted by atomic mass is 32.2. The topological polar surface area (TPSA) is 91.9 Å². The second-order valence-electron chi connectivity index (χ2n) is 8.39. The van der Waals surface area contributed by atoms with E-state index in [-0.39, 0.29) is 16.7 Å². The molecule has 3 aromatic rings. The number of carbonyl (C=O) groups excluding carboxylic acids is 1. The van der Waals surface area contributed by atoms with Crippen LogP contribution in [0.1, 0.15) is 23.7 Å². The number of para-hydroxylation sites is 1. The molecule has 0 bridgehead atoms. The molecule has 0 amide bonds. The van der Waals surface area contributed by atoms with Crippen molar-refractivity contribution in [2.75, 3.05) is 39.4 Å². The number of fused-ring (bicyclic) bond motifs is 2. The molecule has 3 heterocycles. The van der Waals surface area contributed by atoms with Crippen LogP contribution in [-0.2, 0) is 10.0 Å². The van der Waals surface area contributed by atoms with Crippen LogP contribution in [0, 0.1) is 0 Å². The monoisotopic (exact) mass is 469 g/mol.